The molecular formula is C14H20BrFN2O. The number of nitrogens with two attached hydrogens (primary N) is 1. The zero-order valence-electron chi connectivity index (χ0n) is 10.8. The second-order valence-electron chi connectivity index (χ2n) is 5.10. The molecule has 0 aliphatic heterocycles. The number of hydrogen-bond acceptors (Lipinski definition) is 3. The molecule has 0 bridgehead atoms. The third-order valence-corrected chi connectivity index (χ3v) is 4.37. The molecule has 0 spiro atoms. The fraction of sp³-hybridized carbons (Fsp3) is 0.571. The fourth-order valence-corrected chi connectivity index (χ4v) is 3.18. The van der Waals surface area contributed by atoms with Crippen molar-refractivity contribution in [1.29, 1.82) is 0 Å². The Hall–Kier alpha value is -0.490. The lowest BCUT2D eigenvalue weighted by Crippen LogP contribution is -2.40. The van der Waals surface area contributed by atoms with Crippen LogP contribution >= 0.6 is 15.9 Å². The molecule has 1 fully saturated rings. The normalized spacial score (nSPS) is 24.6. The number of rotatable bonds is 5. The summed E-state index contributed by atoms with van der Waals surface area (Å²) in [5.74, 6) is 0.00830. The summed E-state index contributed by atoms with van der Waals surface area (Å²) in [7, 11) is 0. The van der Waals surface area contributed by atoms with Crippen molar-refractivity contribution >= 4 is 15.9 Å². The van der Waals surface area contributed by atoms with Gasteiger partial charge in [0, 0.05) is 35.3 Å². The molecule has 0 radical (unpaired) electrons. The van der Waals surface area contributed by atoms with Crippen molar-refractivity contribution in [1.82, 2.24) is 5.32 Å². The summed E-state index contributed by atoms with van der Waals surface area (Å²) < 4.78 is 14.7. The minimum Gasteiger partial charge on any atom is -0.396 e. The first-order valence-corrected chi connectivity index (χ1v) is 7.47. The number of nitrogens with one attached hydrogen (secondary N) is 1. The summed E-state index contributed by atoms with van der Waals surface area (Å²) in [5.41, 5.74) is 6.37. The minimum atomic E-state index is -0.246. The Kier molecular flexibility index (Phi) is 5.33. The van der Waals surface area contributed by atoms with E-state index in [4.69, 9.17) is 5.73 Å². The van der Waals surface area contributed by atoms with Crippen LogP contribution in [0.25, 0.3) is 0 Å². The molecule has 3 nitrogen and oxygen atoms in total. The average molecular weight is 331 g/mol. The van der Waals surface area contributed by atoms with E-state index in [0.717, 1.165) is 23.7 Å². The predicted octanol–water partition coefficient (Wildman–Crippen LogP) is 2.34. The highest BCUT2D eigenvalue weighted by atomic mass is 79.9. The zero-order chi connectivity index (χ0) is 13.8. The van der Waals surface area contributed by atoms with Crippen molar-refractivity contribution in [3.63, 3.8) is 0 Å². The molecule has 0 saturated heterocycles. The molecule has 0 aromatic heterocycles. The van der Waals surface area contributed by atoms with Crippen LogP contribution in [0.5, 0.6) is 0 Å². The number of aliphatic hydroxyl groups is 1. The monoisotopic (exact) mass is 330 g/mol. The van der Waals surface area contributed by atoms with Crippen molar-refractivity contribution in [2.75, 3.05) is 13.2 Å². The van der Waals surface area contributed by atoms with Crippen molar-refractivity contribution in [2.24, 2.45) is 11.7 Å². The summed E-state index contributed by atoms with van der Waals surface area (Å²) in [6, 6.07) is 4.90. The van der Waals surface area contributed by atoms with Gasteiger partial charge in [0.25, 0.3) is 0 Å². The summed E-state index contributed by atoms with van der Waals surface area (Å²) in [4.78, 5) is 0. The first kappa shape index (κ1) is 14.9. The standard InChI is InChI=1S/C14H20BrFN2O/c15-10-4-5-12(16)11(6-10)14(7-17)18-13-3-1-2-9(13)8-19/h4-6,9,13-14,18-19H,1-3,7-8,17H2. The Bertz CT molecular complexity index is 430. The van der Waals surface area contributed by atoms with E-state index in [1.807, 2.05) is 0 Å². The molecule has 1 aliphatic carbocycles. The van der Waals surface area contributed by atoms with E-state index in [-0.39, 0.29) is 30.4 Å². The molecule has 0 amide bonds. The summed E-state index contributed by atoms with van der Waals surface area (Å²) >= 11 is 3.36. The quantitative estimate of drug-likeness (QED) is 0.776. The van der Waals surface area contributed by atoms with E-state index in [1.54, 1.807) is 12.1 Å². The van der Waals surface area contributed by atoms with Crippen LogP contribution in [0, 0.1) is 11.7 Å². The van der Waals surface area contributed by atoms with E-state index in [0.29, 0.717) is 12.1 Å². The summed E-state index contributed by atoms with van der Waals surface area (Å²) in [6.07, 6.45) is 3.13. The number of halogens is 2. The largest absolute Gasteiger partial charge is 0.396 e. The maximum atomic E-state index is 13.9. The predicted molar refractivity (Wildman–Crippen MR) is 77.2 cm³/mol. The van der Waals surface area contributed by atoms with Gasteiger partial charge < -0.3 is 16.2 Å². The topological polar surface area (TPSA) is 58.3 Å². The van der Waals surface area contributed by atoms with E-state index in [9.17, 15) is 9.50 Å². The van der Waals surface area contributed by atoms with Crippen LogP contribution in [0.4, 0.5) is 4.39 Å². The number of hydrogen-bond donors (Lipinski definition) is 3. The second kappa shape index (κ2) is 6.79. The van der Waals surface area contributed by atoms with E-state index in [1.165, 1.54) is 6.07 Å². The Morgan fingerprint density at radius 2 is 2.26 bits per heavy atom. The lowest BCUT2D eigenvalue weighted by Gasteiger charge is -2.26. The minimum absolute atomic E-state index is 0.177. The van der Waals surface area contributed by atoms with Crippen LogP contribution in [-0.4, -0.2) is 24.3 Å². The smallest absolute Gasteiger partial charge is 0.128 e. The van der Waals surface area contributed by atoms with Gasteiger partial charge in [0.15, 0.2) is 0 Å². The van der Waals surface area contributed by atoms with E-state index in [2.05, 4.69) is 21.2 Å². The van der Waals surface area contributed by atoms with Gasteiger partial charge in [-0.1, -0.05) is 22.4 Å². The maximum Gasteiger partial charge on any atom is 0.128 e. The molecule has 3 unspecified atom stereocenters. The third-order valence-electron chi connectivity index (χ3n) is 3.88. The van der Waals surface area contributed by atoms with Gasteiger partial charge in [-0.05, 0) is 37.0 Å². The van der Waals surface area contributed by atoms with Crippen LogP contribution in [0.3, 0.4) is 0 Å². The van der Waals surface area contributed by atoms with Gasteiger partial charge in [0.2, 0.25) is 0 Å². The van der Waals surface area contributed by atoms with Gasteiger partial charge in [-0.15, -0.1) is 0 Å². The highest BCUT2D eigenvalue weighted by molar-refractivity contribution is 9.10. The molecule has 1 saturated carbocycles. The lowest BCUT2D eigenvalue weighted by atomic mass is 10.0. The zero-order valence-corrected chi connectivity index (χ0v) is 12.4. The number of aliphatic hydroxyl groups excluding tert-OH is 1. The van der Waals surface area contributed by atoms with E-state index < -0.39 is 0 Å². The van der Waals surface area contributed by atoms with Crippen molar-refractivity contribution in [3.8, 4) is 0 Å². The van der Waals surface area contributed by atoms with E-state index >= 15 is 0 Å². The number of benzene rings is 1. The molecule has 1 aliphatic rings. The van der Waals surface area contributed by atoms with Gasteiger partial charge >= 0.3 is 0 Å². The maximum absolute atomic E-state index is 13.9. The SMILES string of the molecule is NCC(NC1CCCC1CO)c1cc(Br)ccc1F. The van der Waals surface area contributed by atoms with Gasteiger partial charge in [-0.25, -0.2) is 4.39 Å². The molecule has 3 atom stereocenters. The summed E-state index contributed by atoms with van der Waals surface area (Å²) in [5, 5.41) is 12.7. The Balaban J connectivity index is 2.13. The molecule has 1 aromatic rings. The Labute approximate surface area is 121 Å². The molecule has 1 aromatic carbocycles. The Morgan fingerprint density at radius 1 is 1.47 bits per heavy atom. The van der Waals surface area contributed by atoms with Crippen molar-refractivity contribution in [3.05, 3.63) is 34.1 Å². The molecule has 4 N–H and O–H groups in total. The third kappa shape index (κ3) is 3.54. The van der Waals surface area contributed by atoms with Gasteiger partial charge in [-0.2, -0.15) is 0 Å². The van der Waals surface area contributed by atoms with Crippen LogP contribution in [-0.2, 0) is 0 Å². The molecule has 5 heteroatoms. The van der Waals surface area contributed by atoms with Crippen molar-refractivity contribution < 1.29 is 9.50 Å². The molecule has 0 heterocycles. The lowest BCUT2D eigenvalue weighted by molar-refractivity contribution is 0.199. The van der Waals surface area contributed by atoms with Crippen molar-refractivity contribution in [2.45, 2.75) is 31.3 Å². The Morgan fingerprint density at radius 3 is 2.95 bits per heavy atom. The first-order valence-electron chi connectivity index (χ1n) is 6.67. The van der Waals surface area contributed by atoms with Crippen LogP contribution in [0.1, 0.15) is 30.9 Å². The molecule has 2 rings (SSSR count). The fourth-order valence-electron chi connectivity index (χ4n) is 2.80. The van der Waals surface area contributed by atoms with Crippen LogP contribution in [0.15, 0.2) is 22.7 Å². The summed E-state index contributed by atoms with van der Waals surface area (Å²) in [6.45, 7) is 0.512. The van der Waals surface area contributed by atoms with Gasteiger partial charge in [0.1, 0.15) is 5.82 Å². The van der Waals surface area contributed by atoms with Gasteiger partial charge in [-0.3, -0.25) is 0 Å². The highest BCUT2D eigenvalue weighted by Crippen LogP contribution is 2.28. The second-order valence-corrected chi connectivity index (χ2v) is 6.02. The highest BCUT2D eigenvalue weighted by Gasteiger charge is 2.29. The molecule has 19 heavy (non-hydrogen) atoms. The molecular weight excluding hydrogens is 311 g/mol. The van der Waals surface area contributed by atoms with Gasteiger partial charge in [0.05, 0.1) is 0 Å². The molecule has 106 valence electrons. The van der Waals surface area contributed by atoms with Crippen LogP contribution < -0.4 is 11.1 Å². The average Bonchev–Trinajstić information content (AvgIpc) is 2.86. The first-order chi connectivity index (χ1) is 9.15. The van der Waals surface area contributed by atoms with Crippen LogP contribution in [0.2, 0.25) is 0 Å².